The molecule has 6 aliphatic rings. The van der Waals surface area contributed by atoms with Gasteiger partial charge in [0.2, 0.25) is 17.5 Å². The number of ketones is 2. The molecule has 6 bridgehead atoms. The van der Waals surface area contributed by atoms with Crippen LogP contribution in [-0.2, 0) is 47.7 Å². The number of fused-ring (bicyclic) bond motifs is 8. The number of nitrogens with zero attached hydrogens (tertiary/aromatic N) is 3. The standard InChI is InChI=1S/C51H75N5O13/c1-29(2)27-54-18-16-50(17-19-54)53-37-28-56(50)51(64)26-32(5)44-36(9)46(61)49(10,69-44)67-22-15-38(65-11)33(6)45(68-40(58)25-39(57)55-20-23-66-24-21-55)35(8)43(60)34(7)42(59)30(3)13-12-14-31(4)48(63)52-41(37)47(51)62/h12-15,22,29-30,33-35,38,42-43,45,53,59-60,64H,9,16-21,23-28H2,1-8,10-11H3,(H,52,63)/b13-12+,22-15+,31-14-,44-32?/t30-,33+,34+,35+,38-,42-,43+,45+,49-,51?/m0/s1. The second kappa shape index (κ2) is 21.7. The van der Waals surface area contributed by atoms with Crippen molar-refractivity contribution in [2.45, 2.75) is 130 Å². The van der Waals surface area contributed by atoms with Crippen molar-refractivity contribution in [2.24, 2.45) is 29.6 Å². The quantitative estimate of drug-likeness (QED) is 0.147. The summed E-state index contributed by atoms with van der Waals surface area (Å²) in [6.45, 7) is 23.7. The van der Waals surface area contributed by atoms with Crippen LogP contribution in [0.1, 0.15) is 88.0 Å². The number of esters is 1. The van der Waals surface area contributed by atoms with Crippen molar-refractivity contribution < 1.29 is 63.0 Å². The molecule has 69 heavy (non-hydrogen) atoms. The molecule has 18 heteroatoms. The van der Waals surface area contributed by atoms with Gasteiger partial charge in [0.05, 0.1) is 54.7 Å². The molecular weight excluding hydrogens is 891 g/mol. The lowest BCUT2D eigenvalue weighted by molar-refractivity contribution is -0.177. The number of hydrogen-bond acceptors (Lipinski definition) is 16. The zero-order valence-electron chi connectivity index (χ0n) is 42.0. The molecule has 18 nitrogen and oxygen atoms in total. The predicted molar refractivity (Wildman–Crippen MR) is 254 cm³/mol. The molecule has 0 aliphatic carbocycles. The minimum atomic E-state index is -2.19. The molecule has 0 aromatic heterocycles. The first-order chi connectivity index (χ1) is 32.5. The molecule has 4 saturated heterocycles. The fraction of sp³-hybridized carbons (Fsp3) is 0.667. The van der Waals surface area contributed by atoms with Crippen molar-refractivity contribution in [2.75, 3.05) is 59.6 Å². The Morgan fingerprint density at radius 2 is 1.62 bits per heavy atom. The Labute approximate surface area is 406 Å². The average Bonchev–Trinajstić information content (AvgIpc) is 3.78. The van der Waals surface area contributed by atoms with Crippen LogP contribution in [0.3, 0.4) is 0 Å². The van der Waals surface area contributed by atoms with Crippen molar-refractivity contribution in [3.8, 4) is 0 Å². The molecule has 4 fully saturated rings. The minimum Gasteiger partial charge on any atom is -0.461 e. The Kier molecular flexibility index (Phi) is 16.9. The highest BCUT2D eigenvalue weighted by Crippen LogP contribution is 2.46. The third-order valence-corrected chi connectivity index (χ3v) is 14.8. The number of aliphatic hydroxyl groups is 3. The maximum atomic E-state index is 14.8. The molecule has 382 valence electrons. The molecule has 0 aromatic rings. The molecule has 6 aliphatic heterocycles. The molecular formula is C51H75N5O13. The molecule has 0 saturated carbocycles. The first-order valence-electron chi connectivity index (χ1n) is 24.3. The topological polar surface area (TPSA) is 226 Å². The van der Waals surface area contributed by atoms with Crippen LogP contribution in [0.4, 0.5) is 0 Å². The van der Waals surface area contributed by atoms with Gasteiger partial charge in [-0.2, -0.15) is 0 Å². The van der Waals surface area contributed by atoms with Crippen molar-refractivity contribution >= 4 is 29.4 Å². The van der Waals surface area contributed by atoms with Crippen LogP contribution in [0.5, 0.6) is 0 Å². The molecule has 5 N–H and O–H groups in total. The Morgan fingerprint density at radius 3 is 2.26 bits per heavy atom. The summed E-state index contributed by atoms with van der Waals surface area (Å²) in [5.74, 6) is -7.39. The van der Waals surface area contributed by atoms with Crippen LogP contribution < -0.4 is 10.6 Å². The lowest BCUT2D eigenvalue weighted by atomic mass is 9.78. The summed E-state index contributed by atoms with van der Waals surface area (Å²) in [5, 5.41) is 42.7. The Hall–Kier alpha value is -4.69. The first-order valence-corrected chi connectivity index (χ1v) is 24.3. The largest absolute Gasteiger partial charge is 0.461 e. The second-order valence-corrected chi connectivity index (χ2v) is 20.5. The summed E-state index contributed by atoms with van der Waals surface area (Å²) in [4.78, 5) is 74.9. The van der Waals surface area contributed by atoms with E-state index in [-0.39, 0.29) is 35.6 Å². The zero-order chi connectivity index (χ0) is 50.7. The number of carbonyl (C=O) groups excluding carboxylic acids is 5. The number of Topliss-reactive ketones (excluding diaryl/α,β-unsaturated/α-hetero) is 2. The van der Waals surface area contributed by atoms with Crippen molar-refractivity contribution in [1.82, 2.24) is 25.3 Å². The van der Waals surface area contributed by atoms with E-state index in [0.29, 0.717) is 69.4 Å². The van der Waals surface area contributed by atoms with Gasteiger partial charge in [0, 0.05) is 89.0 Å². The van der Waals surface area contributed by atoms with Crippen LogP contribution in [0.25, 0.3) is 0 Å². The third-order valence-electron chi connectivity index (χ3n) is 14.8. The van der Waals surface area contributed by atoms with Gasteiger partial charge in [0.1, 0.15) is 24.0 Å². The van der Waals surface area contributed by atoms with Crippen molar-refractivity contribution in [3.63, 3.8) is 0 Å². The van der Waals surface area contributed by atoms with Crippen LogP contribution in [-0.4, -0.2) is 161 Å². The summed E-state index contributed by atoms with van der Waals surface area (Å²) in [6, 6.07) is 0. The number of amides is 2. The number of carbonyl (C=O) groups is 5. The van der Waals surface area contributed by atoms with E-state index in [1.807, 2.05) is 0 Å². The molecule has 6 heterocycles. The molecule has 11 atom stereocenters. The van der Waals surface area contributed by atoms with Crippen molar-refractivity contribution in [3.05, 3.63) is 71.0 Å². The van der Waals surface area contributed by atoms with Crippen LogP contribution in [0.15, 0.2) is 71.0 Å². The number of morpholine rings is 1. The number of aliphatic hydroxyl groups excluding tert-OH is 2. The minimum absolute atomic E-state index is 0.0322. The summed E-state index contributed by atoms with van der Waals surface area (Å²) in [7, 11) is 1.44. The van der Waals surface area contributed by atoms with Crippen LogP contribution in [0.2, 0.25) is 0 Å². The highest BCUT2D eigenvalue weighted by molar-refractivity contribution is 6.09. The summed E-state index contributed by atoms with van der Waals surface area (Å²) < 4.78 is 29.6. The number of nitrogens with one attached hydrogen (secondary N) is 2. The lowest BCUT2D eigenvalue weighted by Crippen LogP contribution is -2.67. The fourth-order valence-electron chi connectivity index (χ4n) is 10.6. The van der Waals surface area contributed by atoms with E-state index in [1.165, 1.54) is 31.3 Å². The number of rotatable bonds is 6. The van der Waals surface area contributed by atoms with E-state index < -0.39 is 101 Å². The number of methoxy groups -OCH3 is 1. The molecule has 2 unspecified atom stereocenters. The fourth-order valence-corrected chi connectivity index (χ4v) is 10.6. The summed E-state index contributed by atoms with van der Waals surface area (Å²) in [6.07, 6.45) is 3.68. The van der Waals surface area contributed by atoms with E-state index in [0.717, 1.165) is 6.54 Å². The van der Waals surface area contributed by atoms with E-state index >= 15 is 0 Å². The Morgan fingerprint density at radius 1 is 0.957 bits per heavy atom. The highest BCUT2D eigenvalue weighted by Gasteiger charge is 2.61. The maximum absolute atomic E-state index is 14.8. The van der Waals surface area contributed by atoms with E-state index in [1.54, 1.807) is 64.7 Å². The first kappa shape index (κ1) is 53.7. The van der Waals surface area contributed by atoms with Crippen LogP contribution >= 0.6 is 0 Å². The normalized spacial score (nSPS) is 36.9. The summed E-state index contributed by atoms with van der Waals surface area (Å²) >= 11 is 0. The van der Waals surface area contributed by atoms with Gasteiger partial charge in [0.25, 0.3) is 5.91 Å². The highest BCUT2D eigenvalue weighted by atomic mass is 16.7. The van der Waals surface area contributed by atoms with E-state index in [9.17, 15) is 39.3 Å². The molecule has 0 radical (unpaired) electrons. The third kappa shape index (κ3) is 11.3. The lowest BCUT2D eigenvalue weighted by Gasteiger charge is -2.50. The molecule has 6 rings (SSSR count). The Balaban J connectivity index is 1.36. The van der Waals surface area contributed by atoms with E-state index in [2.05, 4.69) is 36.0 Å². The van der Waals surface area contributed by atoms with Gasteiger partial charge in [-0.1, -0.05) is 66.3 Å². The smallest absolute Gasteiger partial charge is 0.315 e. The number of ether oxygens (including phenoxy) is 5. The SMILES string of the molecule is C=C1C(=O)[C@@]2(C)O/C=C/[C@H](OC)[C@@H](C)[C@@H](OC(=O)CC(=O)N3CCOCC3)[C@H](C)[C@H](O)[C@H](C)[C@@H](O)[C@@H](C)/C=C/C=C(/C)C(=O)NC3=C4CN(C5(CCN(CC(C)C)CC5)N4)C(O)(CC(C)=C1O2)C3=O. The molecule has 0 aromatic carbocycles. The number of piperidine rings is 1. The maximum Gasteiger partial charge on any atom is 0.315 e. The van der Waals surface area contributed by atoms with Gasteiger partial charge in [0.15, 0.2) is 5.72 Å². The van der Waals surface area contributed by atoms with Crippen molar-refractivity contribution in [1.29, 1.82) is 0 Å². The van der Waals surface area contributed by atoms with Gasteiger partial charge >= 0.3 is 11.8 Å². The number of hydrogen-bond donors (Lipinski definition) is 5. The molecule has 1 spiro atoms. The zero-order valence-corrected chi connectivity index (χ0v) is 42.0. The van der Waals surface area contributed by atoms with E-state index in [4.69, 9.17) is 23.7 Å². The Bertz CT molecular complexity index is 2150. The predicted octanol–water partition coefficient (Wildman–Crippen LogP) is 2.96. The number of likely N-dealkylation sites (tertiary alicyclic amines) is 1. The van der Waals surface area contributed by atoms with Gasteiger partial charge in [-0.05, 0) is 44.3 Å². The van der Waals surface area contributed by atoms with Gasteiger partial charge in [-0.25, -0.2) is 4.90 Å². The monoisotopic (exact) mass is 966 g/mol. The van der Waals surface area contributed by atoms with Gasteiger partial charge in [-0.15, -0.1) is 0 Å². The van der Waals surface area contributed by atoms with Crippen LogP contribution in [0, 0.1) is 29.6 Å². The average molecular weight is 966 g/mol. The second-order valence-electron chi connectivity index (χ2n) is 20.5. The summed E-state index contributed by atoms with van der Waals surface area (Å²) in [5.41, 5.74) is -2.03. The molecule has 2 amide bonds. The van der Waals surface area contributed by atoms with Gasteiger partial charge < -0.3 is 59.4 Å². The number of allylic oxidation sites excluding steroid dienone is 3. The van der Waals surface area contributed by atoms with Gasteiger partial charge in [-0.3, -0.25) is 24.0 Å².